The smallest absolute Gasteiger partial charge is 0.236 e. The summed E-state index contributed by atoms with van der Waals surface area (Å²) in [5.74, 6) is 0.455. The number of aromatic nitrogens is 3. The van der Waals surface area contributed by atoms with Gasteiger partial charge in [-0.1, -0.05) is 5.16 Å². The van der Waals surface area contributed by atoms with Gasteiger partial charge in [-0.2, -0.15) is 0 Å². The molecule has 0 unspecified atom stereocenters. The first-order chi connectivity index (χ1) is 8.46. The first-order valence-corrected chi connectivity index (χ1v) is 5.61. The van der Waals surface area contributed by atoms with E-state index >= 15 is 0 Å². The first kappa shape index (κ1) is 12.3. The van der Waals surface area contributed by atoms with Crippen molar-refractivity contribution in [2.24, 2.45) is 16.3 Å². The van der Waals surface area contributed by atoms with Crippen molar-refractivity contribution in [2.75, 3.05) is 6.54 Å². The van der Waals surface area contributed by atoms with E-state index in [1.165, 1.54) is 0 Å². The van der Waals surface area contributed by atoms with Crippen molar-refractivity contribution < 1.29 is 10.0 Å². The van der Waals surface area contributed by atoms with E-state index in [4.69, 9.17) is 10.9 Å². The summed E-state index contributed by atoms with van der Waals surface area (Å²) in [6.45, 7) is 4.86. The molecule has 0 atom stereocenters. The third-order valence-electron chi connectivity index (χ3n) is 3.21. The zero-order chi connectivity index (χ0) is 13.3. The van der Waals surface area contributed by atoms with E-state index in [2.05, 4.69) is 15.4 Å². The molecule has 0 saturated heterocycles. The Kier molecular flexibility index (Phi) is 2.93. The summed E-state index contributed by atoms with van der Waals surface area (Å²) in [4.78, 5) is 14.0. The second kappa shape index (κ2) is 4.28. The van der Waals surface area contributed by atoms with Crippen LogP contribution >= 0.6 is 0 Å². The van der Waals surface area contributed by atoms with Crippen LogP contribution in [0.15, 0.2) is 11.5 Å². The number of nitrogens with zero attached hydrogens (tertiary/aromatic N) is 5. The van der Waals surface area contributed by atoms with Crippen LogP contribution in [0.3, 0.4) is 0 Å². The third-order valence-corrected chi connectivity index (χ3v) is 3.21. The highest BCUT2D eigenvalue weighted by atomic mass is 16.4. The summed E-state index contributed by atoms with van der Waals surface area (Å²) in [5, 5.41) is 19.4. The number of hydrogen-bond donors (Lipinski definition) is 2. The molecule has 2 heterocycles. The van der Waals surface area contributed by atoms with Gasteiger partial charge in [-0.25, -0.2) is 0 Å². The highest BCUT2D eigenvalue weighted by molar-refractivity contribution is 6.05. The van der Waals surface area contributed by atoms with Crippen LogP contribution in [0.25, 0.3) is 0 Å². The van der Waals surface area contributed by atoms with Crippen molar-refractivity contribution in [2.45, 2.75) is 26.9 Å². The topological polar surface area (TPSA) is 110 Å². The fourth-order valence-electron chi connectivity index (χ4n) is 1.87. The SMILES string of the molecule is CC(C)(C(=O)N1CCn2cnnc2C1)C(N)=NO. The van der Waals surface area contributed by atoms with Crippen molar-refractivity contribution in [3.8, 4) is 0 Å². The molecule has 0 bridgehead atoms. The Morgan fingerprint density at radius 2 is 2.28 bits per heavy atom. The van der Waals surface area contributed by atoms with Crippen LogP contribution < -0.4 is 5.73 Å². The van der Waals surface area contributed by atoms with Crippen molar-refractivity contribution in [1.29, 1.82) is 0 Å². The number of amidine groups is 1. The number of oxime groups is 1. The van der Waals surface area contributed by atoms with Crippen LogP contribution in [0.5, 0.6) is 0 Å². The standard InChI is InChI=1S/C10H16N6O2/c1-10(2,8(11)14-18)9(17)15-3-4-16-6-12-13-7(16)5-15/h6,18H,3-5H2,1-2H3,(H2,11,14). The molecule has 1 aromatic heterocycles. The number of carbonyl (C=O) groups excluding carboxylic acids is 1. The van der Waals surface area contributed by atoms with E-state index in [9.17, 15) is 4.79 Å². The van der Waals surface area contributed by atoms with Gasteiger partial charge in [0.2, 0.25) is 5.91 Å². The molecule has 0 aliphatic carbocycles. The highest BCUT2D eigenvalue weighted by Crippen LogP contribution is 2.22. The Labute approximate surface area is 104 Å². The van der Waals surface area contributed by atoms with Gasteiger partial charge in [0.05, 0.1) is 6.54 Å². The van der Waals surface area contributed by atoms with Crippen molar-refractivity contribution in [3.63, 3.8) is 0 Å². The Hall–Kier alpha value is -2.12. The van der Waals surface area contributed by atoms with Gasteiger partial charge in [-0.15, -0.1) is 10.2 Å². The molecule has 0 radical (unpaired) electrons. The molecule has 1 aliphatic heterocycles. The fraction of sp³-hybridized carbons (Fsp3) is 0.600. The van der Waals surface area contributed by atoms with Gasteiger partial charge >= 0.3 is 0 Å². The maximum atomic E-state index is 12.3. The molecule has 1 amide bonds. The van der Waals surface area contributed by atoms with Crippen LogP contribution in [-0.2, 0) is 17.9 Å². The molecule has 0 saturated carbocycles. The minimum absolute atomic E-state index is 0.0976. The van der Waals surface area contributed by atoms with Gasteiger partial charge in [-0.05, 0) is 13.8 Å². The van der Waals surface area contributed by atoms with Crippen LogP contribution in [0.2, 0.25) is 0 Å². The monoisotopic (exact) mass is 252 g/mol. The number of nitrogens with two attached hydrogens (primary N) is 1. The number of fused-ring (bicyclic) bond motifs is 1. The minimum atomic E-state index is -1.03. The maximum absolute atomic E-state index is 12.3. The summed E-state index contributed by atoms with van der Waals surface area (Å²) in [6, 6.07) is 0. The van der Waals surface area contributed by atoms with Crippen molar-refractivity contribution in [3.05, 3.63) is 12.2 Å². The molecule has 1 aliphatic rings. The third kappa shape index (κ3) is 1.89. The van der Waals surface area contributed by atoms with Gasteiger partial charge in [-0.3, -0.25) is 4.79 Å². The van der Waals surface area contributed by atoms with Crippen LogP contribution in [0, 0.1) is 5.41 Å². The van der Waals surface area contributed by atoms with Crippen LogP contribution in [0.1, 0.15) is 19.7 Å². The minimum Gasteiger partial charge on any atom is -0.409 e. The zero-order valence-electron chi connectivity index (χ0n) is 10.4. The second-order valence-electron chi connectivity index (χ2n) is 4.78. The number of carbonyl (C=O) groups is 1. The molecule has 98 valence electrons. The summed E-state index contributed by atoms with van der Waals surface area (Å²) >= 11 is 0. The van der Waals surface area contributed by atoms with Gasteiger partial charge in [0.15, 0.2) is 11.7 Å². The fourth-order valence-corrected chi connectivity index (χ4v) is 1.87. The lowest BCUT2D eigenvalue weighted by molar-refractivity contribution is -0.138. The molecule has 18 heavy (non-hydrogen) atoms. The molecule has 8 nitrogen and oxygen atoms in total. The molecule has 0 fully saturated rings. The first-order valence-electron chi connectivity index (χ1n) is 5.61. The number of hydrogen-bond acceptors (Lipinski definition) is 5. The Morgan fingerprint density at radius 1 is 1.56 bits per heavy atom. The molecular formula is C10H16N6O2. The van der Waals surface area contributed by atoms with E-state index in [1.807, 2.05) is 4.57 Å². The summed E-state index contributed by atoms with van der Waals surface area (Å²) < 4.78 is 1.90. The predicted octanol–water partition coefficient (Wildman–Crippen LogP) is -0.607. The van der Waals surface area contributed by atoms with Crippen LogP contribution in [-0.4, -0.2) is 43.2 Å². The average molecular weight is 252 g/mol. The molecule has 2 rings (SSSR count). The summed E-state index contributed by atoms with van der Waals surface area (Å²) in [5.41, 5.74) is 4.52. The van der Waals surface area contributed by atoms with Gasteiger partial charge in [0, 0.05) is 13.1 Å². The highest BCUT2D eigenvalue weighted by Gasteiger charge is 2.37. The largest absolute Gasteiger partial charge is 0.409 e. The van der Waals surface area contributed by atoms with E-state index in [0.29, 0.717) is 19.6 Å². The molecule has 1 aromatic rings. The van der Waals surface area contributed by atoms with Crippen molar-refractivity contribution in [1.82, 2.24) is 19.7 Å². The molecule has 0 aromatic carbocycles. The molecule has 0 spiro atoms. The maximum Gasteiger partial charge on any atom is 0.236 e. The Morgan fingerprint density at radius 3 is 2.94 bits per heavy atom. The molecule has 8 heteroatoms. The molecule has 3 N–H and O–H groups in total. The van der Waals surface area contributed by atoms with E-state index in [0.717, 1.165) is 5.82 Å². The lowest BCUT2D eigenvalue weighted by Gasteiger charge is -2.33. The lowest BCUT2D eigenvalue weighted by Crippen LogP contribution is -2.50. The quantitative estimate of drug-likeness (QED) is 0.316. The average Bonchev–Trinajstić information content (AvgIpc) is 2.83. The van der Waals surface area contributed by atoms with Gasteiger partial charge in [0.25, 0.3) is 0 Å². The molecular weight excluding hydrogens is 236 g/mol. The van der Waals surface area contributed by atoms with E-state index in [-0.39, 0.29) is 11.7 Å². The predicted molar refractivity (Wildman–Crippen MR) is 62.6 cm³/mol. The van der Waals surface area contributed by atoms with E-state index < -0.39 is 5.41 Å². The summed E-state index contributed by atoms with van der Waals surface area (Å²) in [6.07, 6.45) is 1.64. The second-order valence-corrected chi connectivity index (χ2v) is 4.78. The lowest BCUT2D eigenvalue weighted by atomic mass is 9.90. The zero-order valence-corrected chi connectivity index (χ0v) is 10.4. The number of amides is 1. The van der Waals surface area contributed by atoms with Crippen LogP contribution in [0.4, 0.5) is 0 Å². The Balaban J connectivity index is 2.17. The van der Waals surface area contributed by atoms with Gasteiger partial charge in [0.1, 0.15) is 11.7 Å². The number of rotatable bonds is 2. The van der Waals surface area contributed by atoms with Gasteiger partial charge < -0.3 is 20.4 Å². The summed E-state index contributed by atoms with van der Waals surface area (Å²) in [7, 11) is 0. The Bertz CT molecular complexity index is 492. The normalized spacial score (nSPS) is 16.6. The van der Waals surface area contributed by atoms with E-state index in [1.54, 1.807) is 25.1 Å². The van der Waals surface area contributed by atoms with Crippen molar-refractivity contribution >= 4 is 11.7 Å².